The Kier molecular flexibility index (Phi) is 5.37. The number of piperazine rings is 1. The number of rotatable bonds is 4. The highest BCUT2D eigenvalue weighted by molar-refractivity contribution is 5.91. The fourth-order valence-corrected chi connectivity index (χ4v) is 3.19. The van der Waals surface area contributed by atoms with Gasteiger partial charge in [-0.15, -0.1) is 0 Å². The maximum Gasteiger partial charge on any atom is 0.289 e. The Hall–Kier alpha value is -2.67. The van der Waals surface area contributed by atoms with E-state index in [1.54, 1.807) is 59.1 Å². The van der Waals surface area contributed by atoms with Crippen LogP contribution in [0.5, 0.6) is 0 Å². The average Bonchev–Trinajstić information content (AvgIpc) is 3.17. The highest BCUT2D eigenvalue weighted by atomic mass is 19.1. The molecule has 1 aliphatic rings. The molecule has 2 heterocycles. The van der Waals surface area contributed by atoms with Crippen molar-refractivity contribution in [1.29, 1.82) is 0 Å². The van der Waals surface area contributed by atoms with E-state index in [9.17, 15) is 14.0 Å². The maximum atomic E-state index is 14.2. The summed E-state index contributed by atoms with van der Waals surface area (Å²) in [6, 6.07) is 8.93. The number of halogens is 1. The lowest BCUT2D eigenvalue weighted by Gasteiger charge is -2.37. The molecule has 1 aromatic carbocycles. The highest BCUT2D eigenvalue weighted by Gasteiger charge is 2.33. The molecule has 26 heavy (non-hydrogen) atoms. The Morgan fingerprint density at radius 2 is 1.69 bits per heavy atom. The van der Waals surface area contributed by atoms with Crippen LogP contribution >= 0.6 is 0 Å². The number of nitrogens with zero attached hydrogens (tertiary/aromatic N) is 3. The van der Waals surface area contributed by atoms with E-state index in [1.165, 1.54) is 12.3 Å². The minimum absolute atomic E-state index is 0.162. The second kappa shape index (κ2) is 7.70. The van der Waals surface area contributed by atoms with Crippen molar-refractivity contribution in [2.24, 2.45) is 0 Å². The molecule has 6 nitrogen and oxygen atoms in total. The third kappa shape index (κ3) is 3.62. The first-order valence-electron chi connectivity index (χ1n) is 8.51. The zero-order valence-electron chi connectivity index (χ0n) is 14.9. The molecule has 0 bridgehead atoms. The van der Waals surface area contributed by atoms with Crippen LogP contribution < -0.4 is 0 Å². The second-order valence-electron chi connectivity index (χ2n) is 6.48. The molecule has 1 aliphatic heterocycles. The van der Waals surface area contributed by atoms with Crippen LogP contribution in [0.1, 0.15) is 22.2 Å². The Morgan fingerprint density at radius 3 is 2.27 bits per heavy atom. The lowest BCUT2D eigenvalue weighted by molar-refractivity contribution is -0.138. The summed E-state index contributed by atoms with van der Waals surface area (Å²) in [5.41, 5.74) is 0.358. The molecular weight excluding hydrogens is 337 g/mol. The van der Waals surface area contributed by atoms with Crippen molar-refractivity contribution >= 4 is 11.8 Å². The molecule has 0 spiro atoms. The van der Waals surface area contributed by atoms with Crippen molar-refractivity contribution in [1.82, 2.24) is 14.7 Å². The number of carbonyl (C=O) groups excluding carboxylic acids is 2. The number of furan rings is 1. The molecule has 2 aromatic rings. The quantitative estimate of drug-likeness (QED) is 0.838. The molecule has 1 atom stereocenters. The smallest absolute Gasteiger partial charge is 0.289 e. The SMILES string of the molecule is CN(C)C(C(=O)N1CCN(C(=O)c2ccco2)CC1)c1ccccc1F. The van der Waals surface area contributed by atoms with E-state index in [0.717, 1.165) is 0 Å². The molecule has 1 saturated heterocycles. The van der Waals surface area contributed by atoms with Gasteiger partial charge in [-0.2, -0.15) is 0 Å². The van der Waals surface area contributed by atoms with Gasteiger partial charge in [0.15, 0.2) is 5.76 Å². The molecule has 0 saturated carbocycles. The molecule has 0 N–H and O–H groups in total. The molecule has 7 heteroatoms. The third-order valence-electron chi connectivity index (χ3n) is 4.56. The van der Waals surface area contributed by atoms with Gasteiger partial charge in [-0.3, -0.25) is 14.5 Å². The summed E-state index contributed by atoms with van der Waals surface area (Å²) in [6.07, 6.45) is 1.46. The van der Waals surface area contributed by atoms with Crippen LogP contribution in [-0.2, 0) is 4.79 Å². The van der Waals surface area contributed by atoms with Crippen LogP contribution in [0.4, 0.5) is 4.39 Å². The van der Waals surface area contributed by atoms with Crippen LogP contribution in [0, 0.1) is 5.82 Å². The number of likely N-dealkylation sites (N-methyl/N-ethyl adjacent to an activating group) is 1. The molecule has 3 rings (SSSR count). The van der Waals surface area contributed by atoms with E-state index in [1.807, 2.05) is 0 Å². The lowest BCUT2D eigenvalue weighted by Crippen LogP contribution is -2.52. The minimum atomic E-state index is -0.691. The summed E-state index contributed by atoms with van der Waals surface area (Å²) >= 11 is 0. The fraction of sp³-hybridized carbons (Fsp3) is 0.368. The Labute approximate surface area is 151 Å². The molecule has 1 unspecified atom stereocenters. The summed E-state index contributed by atoms with van der Waals surface area (Å²) in [7, 11) is 3.51. The Morgan fingerprint density at radius 1 is 1.04 bits per heavy atom. The predicted molar refractivity (Wildman–Crippen MR) is 94.0 cm³/mol. The number of carbonyl (C=O) groups is 2. The molecule has 1 fully saturated rings. The number of hydrogen-bond acceptors (Lipinski definition) is 4. The third-order valence-corrected chi connectivity index (χ3v) is 4.56. The van der Waals surface area contributed by atoms with Gasteiger partial charge >= 0.3 is 0 Å². The minimum Gasteiger partial charge on any atom is -0.459 e. The highest BCUT2D eigenvalue weighted by Crippen LogP contribution is 2.24. The van der Waals surface area contributed by atoms with Gasteiger partial charge in [0.05, 0.1) is 6.26 Å². The van der Waals surface area contributed by atoms with Gasteiger partial charge in [0.1, 0.15) is 11.9 Å². The van der Waals surface area contributed by atoms with Crippen molar-refractivity contribution < 1.29 is 18.4 Å². The van der Waals surface area contributed by atoms with Crippen molar-refractivity contribution in [3.63, 3.8) is 0 Å². The Balaban J connectivity index is 1.69. The zero-order valence-corrected chi connectivity index (χ0v) is 14.9. The number of amides is 2. The molecule has 138 valence electrons. The van der Waals surface area contributed by atoms with E-state index in [2.05, 4.69) is 0 Å². The van der Waals surface area contributed by atoms with Gasteiger partial charge in [-0.05, 0) is 32.3 Å². The van der Waals surface area contributed by atoms with Crippen molar-refractivity contribution in [3.8, 4) is 0 Å². The van der Waals surface area contributed by atoms with E-state index in [0.29, 0.717) is 37.5 Å². The molecule has 2 amide bonds. The van der Waals surface area contributed by atoms with Gasteiger partial charge < -0.3 is 14.2 Å². The first kappa shape index (κ1) is 18.1. The summed E-state index contributed by atoms with van der Waals surface area (Å²) < 4.78 is 19.3. The van der Waals surface area contributed by atoms with Gasteiger partial charge in [0.2, 0.25) is 5.91 Å². The average molecular weight is 359 g/mol. The predicted octanol–water partition coefficient (Wildman–Crippen LogP) is 2.01. The van der Waals surface area contributed by atoms with Crippen LogP contribution in [-0.4, -0.2) is 66.8 Å². The van der Waals surface area contributed by atoms with E-state index >= 15 is 0 Å². The summed E-state index contributed by atoms with van der Waals surface area (Å²) in [4.78, 5) is 30.4. The van der Waals surface area contributed by atoms with Crippen LogP contribution in [0.2, 0.25) is 0 Å². The van der Waals surface area contributed by atoms with E-state index in [-0.39, 0.29) is 11.8 Å². The van der Waals surface area contributed by atoms with Crippen LogP contribution in [0.3, 0.4) is 0 Å². The topological polar surface area (TPSA) is 57.0 Å². The van der Waals surface area contributed by atoms with Crippen LogP contribution in [0.15, 0.2) is 47.1 Å². The van der Waals surface area contributed by atoms with Crippen molar-refractivity contribution in [2.75, 3.05) is 40.3 Å². The number of hydrogen-bond donors (Lipinski definition) is 0. The fourth-order valence-electron chi connectivity index (χ4n) is 3.19. The first-order chi connectivity index (χ1) is 12.5. The zero-order chi connectivity index (χ0) is 18.7. The monoisotopic (exact) mass is 359 g/mol. The maximum absolute atomic E-state index is 14.2. The van der Waals surface area contributed by atoms with Gasteiger partial charge in [0, 0.05) is 31.7 Å². The standard InChI is InChI=1S/C19H22FN3O3/c1-21(2)17(14-6-3-4-7-15(14)20)19(25)23-11-9-22(10-12-23)18(24)16-8-5-13-26-16/h3-8,13,17H,9-12H2,1-2H3. The largest absolute Gasteiger partial charge is 0.459 e. The van der Waals surface area contributed by atoms with Crippen molar-refractivity contribution in [3.05, 3.63) is 59.8 Å². The normalized spacial score (nSPS) is 16.0. The summed E-state index contributed by atoms with van der Waals surface area (Å²) in [5.74, 6) is -0.445. The molecular formula is C19H22FN3O3. The van der Waals surface area contributed by atoms with E-state index < -0.39 is 11.9 Å². The van der Waals surface area contributed by atoms with Crippen LogP contribution in [0.25, 0.3) is 0 Å². The summed E-state index contributed by atoms with van der Waals surface area (Å²) in [5, 5.41) is 0. The first-order valence-corrected chi connectivity index (χ1v) is 8.51. The summed E-state index contributed by atoms with van der Waals surface area (Å²) in [6.45, 7) is 1.65. The van der Waals surface area contributed by atoms with Gasteiger partial charge in [-0.1, -0.05) is 18.2 Å². The van der Waals surface area contributed by atoms with E-state index in [4.69, 9.17) is 4.42 Å². The second-order valence-corrected chi connectivity index (χ2v) is 6.48. The molecule has 0 radical (unpaired) electrons. The van der Waals surface area contributed by atoms with Gasteiger partial charge in [-0.25, -0.2) is 4.39 Å². The van der Waals surface area contributed by atoms with Crippen molar-refractivity contribution in [2.45, 2.75) is 6.04 Å². The molecule has 0 aliphatic carbocycles. The van der Waals surface area contributed by atoms with Gasteiger partial charge in [0.25, 0.3) is 5.91 Å². The number of benzene rings is 1. The molecule has 1 aromatic heterocycles. The Bertz CT molecular complexity index is 768. The lowest BCUT2D eigenvalue weighted by atomic mass is 10.0.